The highest BCUT2D eigenvalue weighted by Gasteiger charge is 2.22. The molecule has 0 aliphatic carbocycles. The molecule has 1 aromatic heterocycles. The van der Waals surface area contributed by atoms with Crippen LogP contribution in [0.2, 0.25) is 0 Å². The highest BCUT2D eigenvalue weighted by molar-refractivity contribution is 5.99. The van der Waals surface area contributed by atoms with Gasteiger partial charge in [0.15, 0.2) is 5.78 Å². The van der Waals surface area contributed by atoms with Gasteiger partial charge in [-0.25, -0.2) is 0 Å². The number of aliphatic hydroxyl groups excluding tert-OH is 1. The number of benzene rings is 1. The molecule has 128 valence electrons. The predicted octanol–water partition coefficient (Wildman–Crippen LogP) is 2.73. The van der Waals surface area contributed by atoms with Gasteiger partial charge in [-0.05, 0) is 32.4 Å². The largest absolute Gasteiger partial charge is 0.387 e. The van der Waals surface area contributed by atoms with Crippen molar-refractivity contribution >= 4 is 11.7 Å². The molecule has 1 atom stereocenters. The molecule has 24 heavy (non-hydrogen) atoms. The Kier molecular flexibility index (Phi) is 5.57. The number of Topliss-reactive ketones (excluding diaryl/α,β-unsaturated/α-hetero) is 1. The predicted molar refractivity (Wildman–Crippen MR) is 93.1 cm³/mol. The number of aryl methyl sites for hydroxylation is 2. The van der Waals surface area contributed by atoms with Crippen LogP contribution in [-0.4, -0.2) is 39.4 Å². The van der Waals surface area contributed by atoms with Crippen molar-refractivity contribution in [3.8, 4) is 0 Å². The van der Waals surface area contributed by atoms with Gasteiger partial charge in [0, 0.05) is 25.4 Å². The third-order valence-corrected chi connectivity index (χ3v) is 4.15. The summed E-state index contributed by atoms with van der Waals surface area (Å²) in [5.41, 5.74) is 2.85. The molecule has 1 heterocycles. The lowest BCUT2D eigenvalue weighted by Crippen LogP contribution is -2.35. The fourth-order valence-electron chi connectivity index (χ4n) is 2.59. The van der Waals surface area contributed by atoms with Crippen LogP contribution in [0.3, 0.4) is 0 Å². The summed E-state index contributed by atoms with van der Waals surface area (Å²) < 4.78 is 1.65. The van der Waals surface area contributed by atoms with Crippen molar-refractivity contribution in [1.29, 1.82) is 0 Å². The molecule has 1 amide bonds. The summed E-state index contributed by atoms with van der Waals surface area (Å²) in [6.07, 6.45) is 0.904. The number of aromatic nitrogens is 1. The summed E-state index contributed by atoms with van der Waals surface area (Å²) >= 11 is 0. The molecule has 2 rings (SSSR count). The number of hydrogen-bond donors (Lipinski definition) is 1. The third-order valence-electron chi connectivity index (χ3n) is 4.15. The Morgan fingerprint density at radius 2 is 1.88 bits per heavy atom. The number of carbonyl (C=O) groups is 2. The minimum Gasteiger partial charge on any atom is -0.387 e. The quantitative estimate of drug-likeness (QED) is 0.829. The fourth-order valence-corrected chi connectivity index (χ4v) is 2.59. The van der Waals surface area contributed by atoms with Crippen molar-refractivity contribution in [3.05, 3.63) is 58.9 Å². The zero-order valence-electron chi connectivity index (χ0n) is 14.6. The number of amides is 1. The Balaban J connectivity index is 2.17. The Morgan fingerprint density at radius 3 is 2.38 bits per heavy atom. The maximum absolute atomic E-state index is 12.7. The van der Waals surface area contributed by atoms with Gasteiger partial charge in [0.2, 0.25) is 0 Å². The van der Waals surface area contributed by atoms with Gasteiger partial charge < -0.3 is 14.6 Å². The summed E-state index contributed by atoms with van der Waals surface area (Å²) in [6, 6.07) is 9.22. The highest BCUT2D eigenvalue weighted by atomic mass is 16.3. The number of rotatable bonds is 6. The van der Waals surface area contributed by atoms with Crippen molar-refractivity contribution in [1.82, 2.24) is 9.47 Å². The van der Waals surface area contributed by atoms with Crippen LogP contribution in [-0.2, 0) is 7.05 Å². The van der Waals surface area contributed by atoms with Crippen molar-refractivity contribution in [2.24, 2.45) is 7.05 Å². The Hall–Kier alpha value is -2.40. The van der Waals surface area contributed by atoms with E-state index in [2.05, 4.69) is 0 Å². The topological polar surface area (TPSA) is 62.5 Å². The van der Waals surface area contributed by atoms with Crippen LogP contribution in [0.5, 0.6) is 0 Å². The minimum absolute atomic E-state index is 0.0765. The number of likely N-dealkylation sites (N-methyl/N-ethyl adjacent to an activating group) is 1. The zero-order valence-corrected chi connectivity index (χ0v) is 14.6. The molecule has 1 aromatic carbocycles. The van der Waals surface area contributed by atoms with Crippen molar-refractivity contribution < 1.29 is 14.7 Å². The van der Waals surface area contributed by atoms with E-state index in [0.717, 1.165) is 11.1 Å². The molecule has 0 aliphatic rings. The van der Waals surface area contributed by atoms with Crippen LogP contribution in [0.4, 0.5) is 0 Å². The molecule has 2 aromatic rings. The van der Waals surface area contributed by atoms with E-state index >= 15 is 0 Å². The summed E-state index contributed by atoms with van der Waals surface area (Å²) in [7, 11) is 1.74. The van der Waals surface area contributed by atoms with Gasteiger partial charge >= 0.3 is 0 Å². The van der Waals surface area contributed by atoms with E-state index < -0.39 is 6.10 Å². The second-order valence-corrected chi connectivity index (χ2v) is 6.05. The molecule has 0 saturated carbocycles. The summed E-state index contributed by atoms with van der Waals surface area (Å²) in [6.45, 7) is 6.01. The van der Waals surface area contributed by atoms with Crippen LogP contribution < -0.4 is 0 Å². The highest BCUT2D eigenvalue weighted by Crippen LogP contribution is 2.17. The van der Waals surface area contributed by atoms with E-state index in [1.807, 2.05) is 38.1 Å². The number of hydrogen-bond acceptors (Lipinski definition) is 3. The van der Waals surface area contributed by atoms with Gasteiger partial charge in [0.1, 0.15) is 5.69 Å². The van der Waals surface area contributed by atoms with E-state index in [0.29, 0.717) is 17.8 Å². The van der Waals surface area contributed by atoms with E-state index in [9.17, 15) is 14.7 Å². The van der Waals surface area contributed by atoms with E-state index in [-0.39, 0.29) is 18.2 Å². The first-order valence-electron chi connectivity index (χ1n) is 8.04. The van der Waals surface area contributed by atoms with Crippen molar-refractivity contribution in [3.63, 3.8) is 0 Å². The smallest absolute Gasteiger partial charge is 0.270 e. The van der Waals surface area contributed by atoms with Gasteiger partial charge in [-0.3, -0.25) is 9.59 Å². The second kappa shape index (κ2) is 7.45. The zero-order chi connectivity index (χ0) is 17.9. The van der Waals surface area contributed by atoms with Gasteiger partial charge in [0.05, 0.1) is 12.6 Å². The molecular weight excluding hydrogens is 304 g/mol. The summed E-state index contributed by atoms with van der Waals surface area (Å²) in [5.74, 6) is -0.272. The molecule has 5 heteroatoms. The maximum atomic E-state index is 12.7. The average Bonchev–Trinajstić information content (AvgIpc) is 2.94. The molecule has 0 saturated heterocycles. The first-order chi connectivity index (χ1) is 11.3. The molecule has 1 N–H and O–H groups in total. The number of aliphatic hydroxyl groups is 1. The molecule has 0 bridgehead atoms. The molecular formula is C19H24N2O3. The summed E-state index contributed by atoms with van der Waals surface area (Å²) in [5, 5.41) is 10.4. The van der Waals surface area contributed by atoms with Crippen molar-refractivity contribution in [2.75, 3.05) is 13.1 Å². The van der Waals surface area contributed by atoms with Crippen molar-refractivity contribution in [2.45, 2.75) is 26.9 Å². The first kappa shape index (κ1) is 17.9. The molecule has 1 unspecified atom stereocenters. The Labute approximate surface area is 142 Å². The third kappa shape index (κ3) is 3.92. The molecule has 5 nitrogen and oxygen atoms in total. The molecule has 0 radical (unpaired) electrons. The monoisotopic (exact) mass is 328 g/mol. The van der Waals surface area contributed by atoms with Crippen LogP contribution in [0, 0.1) is 6.92 Å². The van der Waals surface area contributed by atoms with Crippen LogP contribution >= 0.6 is 0 Å². The maximum Gasteiger partial charge on any atom is 0.270 e. The van der Waals surface area contributed by atoms with Gasteiger partial charge in [-0.15, -0.1) is 0 Å². The van der Waals surface area contributed by atoms with Gasteiger partial charge in [-0.1, -0.05) is 29.8 Å². The molecule has 0 spiro atoms. The Bertz CT molecular complexity index is 732. The second-order valence-electron chi connectivity index (χ2n) is 6.05. The minimum atomic E-state index is -0.748. The van der Waals surface area contributed by atoms with Crippen LogP contribution in [0.25, 0.3) is 0 Å². The fraction of sp³-hybridized carbons (Fsp3) is 0.368. The van der Waals surface area contributed by atoms with E-state index in [1.54, 1.807) is 28.8 Å². The number of carbonyl (C=O) groups excluding carboxylic acids is 2. The standard InChI is InChI=1S/C19H24N2O3/c1-5-21(12-18(23)15-8-6-13(2)7-9-15)19(24)17-10-16(14(3)22)11-20(17)4/h6-11,18,23H,5,12H2,1-4H3. The molecule has 0 fully saturated rings. The summed E-state index contributed by atoms with van der Waals surface area (Å²) in [4.78, 5) is 25.8. The SMILES string of the molecule is CCN(CC(O)c1ccc(C)cc1)C(=O)c1cc(C(C)=O)cn1C. The lowest BCUT2D eigenvalue weighted by Gasteiger charge is -2.24. The van der Waals surface area contributed by atoms with Gasteiger partial charge in [0.25, 0.3) is 5.91 Å². The number of nitrogens with zero attached hydrogens (tertiary/aromatic N) is 2. The lowest BCUT2D eigenvalue weighted by molar-refractivity contribution is 0.0626. The normalized spacial score (nSPS) is 12.0. The van der Waals surface area contributed by atoms with Crippen LogP contribution in [0.1, 0.15) is 51.9 Å². The van der Waals surface area contributed by atoms with E-state index in [1.165, 1.54) is 6.92 Å². The van der Waals surface area contributed by atoms with Crippen LogP contribution in [0.15, 0.2) is 36.5 Å². The Morgan fingerprint density at radius 1 is 1.25 bits per heavy atom. The first-order valence-corrected chi connectivity index (χ1v) is 8.04. The average molecular weight is 328 g/mol. The number of ketones is 1. The molecule has 0 aliphatic heterocycles. The van der Waals surface area contributed by atoms with E-state index in [4.69, 9.17) is 0 Å². The lowest BCUT2D eigenvalue weighted by atomic mass is 10.1. The van der Waals surface area contributed by atoms with Gasteiger partial charge in [-0.2, -0.15) is 0 Å².